The first kappa shape index (κ1) is 13.2. The van der Waals surface area contributed by atoms with Crippen molar-refractivity contribution >= 4 is 23.0 Å². The average Bonchev–Trinajstić information content (AvgIpc) is 2.41. The molecule has 19 heavy (non-hydrogen) atoms. The number of anilines is 1. The van der Waals surface area contributed by atoms with E-state index in [1.54, 1.807) is 6.07 Å². The summed E-state index contributed by atoms with van der Waals surface area (Å²) in [5, 5.41) is 6.73. The van der Waals surface area contributed by atoms with Gasteiger partial charge in [-0.05, 0) is 37.3 Å². The summed E-state index contributed by atoms with van der Waals surface area (Å²) in [6.07, 6.45) is 0. The highest BCUT2D eigenvalue weighted by atomic mass is 32.1. The Labute approximate surface area is 116 Å². The van der Waals surface area contributed by atoms with Gasteiger partial charge in [-0.15, -0.1) is 0 Å². The van der Waals surface area contributed by atoms with Crippen molar-refractivity contribution in [3.8, 4) is 11.3 Å². The smallest absolute Gasteiger partial charge is 0.264 e. The van der Waals surface area contributed by atoms with E-state index in [0.29, 0.717) is 17.4 Å². The van der Waals surface area contributed by atoms with Gasteiger partial charge in [-0.2, -0.15) is 5.10 Å². The molecule has 2 rings (SSSR count). The Morgan fingerprint density at radius 1 is 1.32 bits per heavy atom. The molecule has 5 nitrogen and oxygen atoms in total. The molecule has 0 saturated carbocycles. The van der Waals surface area contributed by atoms with Gasteiger partial charge in [0.15, 0.2) is 5.11 Å². The summed E-state index contributed by atoms with van der Waals surface area (Å²) >= 11 is 4.99. The van der Waals surface area contributed by atoms with E-state index in [1.807, 2.05) is 36.1 Å². The lowest BCUT2D eigenvalue weighted by atomic mass is 10.1. The number of benzene rings is 1. The summed E-state index contributed by atoms with van der Waals surface area (Å²) in [7, 11) is 0. The number of thiocarbonyl (C=S) groups is 1. The fourth-order valence-electron chi connectivity index (χ4n) is 1.78. The van der Waals surface area contributed by atoms with Crippen molar-refractivity contribution < 1.29 is 0 Å². The quantitative estimate of drug-likeness (QED) is 0.830. The normalized spacial score (nSPS) is 10.2. The third-order valence-corrected chi connectivity index (χ3v) is 2.96. The van der Waals surface area contributed by atoms with Gasteiger partial charge in [0, 0.05) is 23.9 Å². The Balaban J connectivity index is 2.30. The van der Waals surface area contributed by atoms with Crippen molar-refractivity contribution in [2.75, 3.05) is 11.4 Å². The molecular formula is C13H14N4OS. The third-order valence-electron chi connectivity index (χ3n) is 2.74. The van der Waals surface area contributed by atoms with E-state index >= 15 is 0 Å². The van der Waals surface area contributed by atoms with Gasteiger partial charge in [-0.1, -0.05) is 12.1 Å². The summed E-state index contributed by atoms with van der Waals surface area (Å²) in [5.74, 6) is 0. The minimum absolute atomic E-state index is 0.217. The van der Waals surface area contributed by atoms with Crippen LogP contribution in [-0.4, -0.2) is 21.9 Å². The van der Waals surface area contributed by atoms with E-state index in [9.17, 15) is 4.79 Å². The Bertz CT molecular complexity index is 615. The molecule has 3 N–H and O–H groups in total. The maximum Gasteiger partial charge on any atom is 0.264 e. The Hall–Kier alpha value is -2.21. The molecule has 0 aliphatic heterocycles. The topological polar surface area (TPSA) is 75.0 Å². The van der Waals surface area contributed by atoms with E-state index < -0.39 is 0 Å². The lowest BCUT2D eigenvalue weighted by Gasteiger charge is -2.20. The predicted molar refractivity (Wildman–Crippen MR) is 80.1 cm³/mol. The fraction of sp³-hybridized carbons (Fsp3) is 0.154. The summed E-state index contributed by atoms with van der Waals surface area (Å²) in [6, 6.07) is 10.8. The number of H-pyrrole nitrogens is 1. The van der Waals surface area contributed by atoms with E-state index in [0.717, 1.165) is 11.3 Å². The van der Waals surface area contributed by atoms with Crippen molar-refractivity contribution in [3.63, 3.8) is 0 Å². The number of nitrogens with two attached hydrogens (primary N) is 1. The molecule has 6 heteroatoms. The van der Waals surface area contributed by atoms with Crippen LogP contribution in [0.15, 0.2) is 41.2 Å². The van der Waals surface area contributed by atoms with Gasteiger partial charge in [0.05, 0.1) is 5.69 Å². The highest BCUT2D eigenvalue weighted by molar-refractivity contribution is 7.80. The zero-order chi connectivity index (χ0) is 13.8. The van der Waals surface area contributed by atoms with Crippen LogP contribution in [0.3, 0.4) is 0 Å². The molecule has 98 valence electrons. The number of aromatic nitrogens is 2. The van der Waals surface area contributed by atoms with E-state index in [4.69, 9.17) is 18.0 Å². The van der Waals surface area contributed by atoms with Gasteiger partial charge < -0.3 is 10.6 Å². The maximum absolute atomic E-state index is 11.0. The highest BCUT2D eigenvalue weighted by Crippen LogP contribution is 2.20. The van der Waals surface area contributed by atoms with E-state index in [2.05, 4.69) is 10.2 Å². The van der Waals surface area contributed by atoms with Gasteiger partial charge in [-0.3, -0.25) is 4.79 Å². The number of nitrogens with zero attached hydrogens (tertiary/aromatic N) is 2. The van der Waals surface area contributed by atoms with Gasteiger partial charge >= 0.3 is 0 Å². The number of hydrogen-bond donors (Lipinski definition) is 2. The molecular weight excluding hydrogens is 260 g/mol. The maximum atomic E-state index is 11.0. The van der Waals surface area contributed by atoms with Crippen LogP contribution in [0.4, 0.5) is 5.69 Å². The Kier molecular flexibility index (Phi) is 3.91. The lowest BCUT2D eigenvalue weighted by molar-refractivity contribution is 0.995. The number of aromatic amines is 1. The first-order valence-corrected chi connectivity index (χ1v) is 6.25. The largest absolute Gasteiger partial charge is 0.376 e. The molecule has 0 unspecified atom stereocenters. The number of nitrogens with one attached hydrogen (secondary N) is 1. The van der Waals surface area contributed by atoms with Crippen LogP contribution in [0.2, 0.25) is 0 Å². The SMILES string of the molecule is CCN(C(N)=S)c1ccc(-c2ccc(=O)[nH]n2)cc1. The predicted octanol–water partition coefficient (Wildman–Crippen LogP) is 1.51. The molecule has 1 heterocycles. The fourth-order valence-corrected chi connectivity index (χ4v) is 2.02. The summed E-state index contributed by atoms with van der Waals surface area (Å²) in [4.78, 5) is 12.8. The van der Waals surface area contributed by atoms with Crippen molar-refractivity contribution in [2.45, 2.75) is 6.92 Å². The summed E-state index contributed by atoms with van der Waals surface area (Å²) in [6.45, 7) is 2.70. The molecule has 0 amide bonds. The zero-order valence-electron chi connectivity index (χ0n) is 10.5. The Morgan fingerprint density at radius 2 is 2.00 bits per heavy atom. The lowest BCUT2D eigenvalue weighted by Crippen LogP contribution is -2.35. The molecule has 0 fully saturated rings. The second kappa shape index (κ2) is 5.62. The van der Waals surface area contributed by atoms with Crippen molar-refractivity contribution in [2.24, 2.45) is 5.73 Å². The standard InChI is InChI=1S/C13H14N4OS/c1-2-17(13(14)19)10-5-3-9(4-6-10)11-7-8-12(18)16-15-11/h3-8H,2H2,1H3,(H2,14,19)(H,16,18). The van der Waals surface area contributed by atoms with E-state index in [1.165, 1.54) is 6.07 Å². The molecule has 1 aromatic heterocycles. The molecule has 0 aliphatic rings. The van der Waals surface area contributed by atoms with Gasteiger partial charge in [0.25, 0.3) is 5.56 Å². The third kappa shape index (κ3) is 2.97. The number of hydrogen-bond acceptors (Lipinski definition) is 3. The van der Waals surface area contributed by atoms with Gasteiger partial charge in [0.1, 0.15) is 0 Å². The average molecular weight is 274 g/mol. The minimum atomic E-state index is -0.217. The van der Waals surface area contributed by atoms with Crippen molar-refractivity contribution in [1.82, 2.24) is 10.2 Å². The second-order valence-corrected chi connectivity index (χ2v) is 4.35. The second-order valence-electron chi connectivity index (χ2n) is 3.94. The first-order valence-electron chi connectivity index (χ1n) is 5.85. The zero-order valence-corrected chi connectivity index (χ0v) is 11.3. The minimum Gasteiger partial charge on any atom is -0.376 e. The van der Waals surface area contributed by atoms with Crippen LogP contribution >= 0.6 is 12.2 Å². The molecule has 0 atom stereocenters. The van der Waals surface area contributed by atoms with Crippen LogP contribution in [0.1, 0.15) is 6.92 Å². The van der Waals surface area contributed by atoms with Crippen LogP contribution in [0.25, 0.3) is 11.3 Å². The van der Waals surface area contributed by atoms with Crippen molar-refractivity contribution in [3.05, 3.63) is 46.8 Å². The molecule has 0 radical (unpaired) electrons. The first-order chi connectivity index (χ1) is 9.11. The van der Waals surface area contributed by atoms with Crippen molar-refractivity contribution in [1.29, 1.82) is 0 Å². The van der Waals surface area contributed by atoms with Crippen LogP contribution < -0.4 is 16.2 Å². The van der Waals surface area contributed by atoms with Crippen LogP contribution in [0.5, 0.6) is 0 Å². The molecule has 1 aromatic carbocycles. The highest BCUT2D eigenvalue weighted by Gasteiger charge is 2.07. The monoisotopic (exact) mass is 274 g/mol. The molecule has 0 bridgehead atoms. The summed E-state index contributed by atoms with van der Waals surface area (Å²) < 4.78 is 0. The molecule has 0 aliphatic carbocycles. The molecule has 2 aromatic rings. The summed E-state index contributed by atoms with van der Waals surface area (Å²) in [5.41, 5.74) is 8.00. The molecule has 0 spiro atoms. The molecule has 0 saturated heterocycles. The van der Waals surface area contributed by atoms with Crippen LogP contribution in [0, 0.1) is 0 Å². The van der Waals surface area contributed by atoms with E-state index in [-0.39, 0.29) is 5.56 Å². The Morgan fingerprint density at radius 3 is 2.47 bits per heavy atom. The van der Waals surface area contributed by atoms with Gasteiger partial charge in [0.2, 0.25) is 0 Å². The van der Waals surface area contributed by atoms with Gasteiger partial charge in [-0.25, -0.2) is 5.10 Å². The van der Waals surface area contributed by atoms with Crippen LogP contribution in [-0.2, 0) is 0 Å². The number of rotatable bonds is 3.